The number of rotatable bonds is 5. The van der Waals surface area contributed by atoms with E-state index >= 15 is 0 Å². The lowest BCUT2D eigenvalue weighted by atomic mass is 10.2. The topological polar surface area (TPSA) is 79.8 Å². The van der Waals surface area contributed by atoms with E-state index < -0.39 is 5.25 Å². The first-order valence-electron chi connectivity index (χ1n) is 7.80. The standard InChI is InChI=1S/C16H18ClN3O3S/c17-11-5-1-2-6-12(11)19-14(21)8-13-15(22)20-16(24-13)18-9-10-4-3-7-23-10/h1-2,5-6,10,13H,3-4,7-9H2,(H,19,21)(H,18,20,22)/t10-,13-/m1/s1. The lowest BCUT2D eigenvalue weighted by Crippen LogP contribution is -2.28. The van der Waals surface area contributed by atoms with Crippen LogP contribution in [0.5, 0.6) is 0 Å². The van der Waals surface area contributed by atoms with Crippen molar-refractivity contribution in [2.45, 2.75) is 30.6 Å². The summed E-state index contributed by atoms with van der Waals surface area (Å²) in [6.45, 7) is 1.32. The molecule has 0 spiro atoms. The molecule has 8 heteroatoms. The molecule has 2 aliphatic heterocycles. The van der Waals surface area contributed by atoms with E-state index in [1.54, 1.807) is 24.3 Å². The summed E-state index contributed by atoms with van der Waals surface area (Å²) < 4.78 is 5.50. The highest BCUT2D eigenvalue weighted by atomic mass is 35.5. The third kappa shape index (κ3) is 4.49. The van der Waals surface area contributed by atoms with Crippen LogP contribution in [0.15, 0.2) is 29.3 Å². The number of aliphatic imine (C=N–C) groups is 1. The molecule has 2 heterocycles. The van der Waals surface area contributed by atoms with Gasteiger partial charge in [0.1, 0.15) is 5.25 Å². The van der Waals surface area contributed by atoms with Crippen LogP contribution in [0.25, 0.3) is 0 Å². The van der Waals surface area contributed by atoms with Crippen LogP contribution in [-0.2, 0) is 14.3 Å². The van der Waals surface area contributed by atoms with Crippen molar-refractivity contribution in [2.24, 2.45) is 4.99 Å². The van der Waals surface area contributed by atoms with Crippen molar-refractivity contribution >= 4 is 46.0 Å². The van der Waals surface area contributed by atoms with Crippen LogP contribution in [0.4, 0.5) is 5.69 Å². The minimum Gasteiger partial charge on any atom is -0.376 e. The van der Waals surface area contributed by atoms with Crippen LogP contribution in [0.1, 0.15) is 19.3 Å². The molecule has 128 valence electrons. The summed E-state index contributed by atoms with van der Waals surface area (Å²) in [7, 11) is 0. The Morgan fingerprint density at radius 3 is 3.04 bits per heavy atom. The summed E-state index contributed by atoms with van der Waals surface area (Å²) in [6.07, 6.45) is 2.26. The first-order chi connectivity index (χ1) is 11.6. The number of amidine groups is 1. The maximum absolute atomic E-state index is 12.1. The number of nitrogens with one attached hydrogen (secondary N) is 2. The Morgan fingerprint density at radius 1 is 1.46 bits per heavy atom. The van der Waals surface area contributed by atoms with E-state index in [9.17, 15) is 9.59 Å². The lowest BCUT2D eigenvalue weighted by Gasteiger charge is -2.08. The molecule has 0 unspecified atom stereocenters. The molecule has 2 aliphatic rings. The fourth-order valence-corrected chi connectivity index (χ4v) is 3.68. The Labute approximate surface area is 149 Å². The monoisotopic (exact) mass is 367 g/mol. The number of ether oxygens (including phenoxy) is 1. The molecule has 0 aliphatic carbocycles. The third-order valence-electron chi connectivity index (χ3n) is 3.76. The van der Waals surface area contributed by atoms with Crippen LogP contribution in [0, 0.1) is 0 Å². The second-order valence-electron chi connectivity index (χ2n) is 5.61. The van der Waals surface area contributed by atoms with E-state index in [1.807, 2.05) is 0 Å². The van der Waals surface area contributed by atoms with Gasteiger partial charge >= 0.3 is 0 Å². The van der Waals surface area contributed by atoms with Crippen molar-refractivity contribution in [1.82, 2.24) is 5.32 Å². The highest BCUT2D eigenvalue weighted by Crippen LogP contribution is 2.25. The quantitative estimate of drug-likeness (QED) is 0.837. The van der Waals surface area contributed by atoms with Crippen LogP contribution in [-0.4, -0.2) is 41.5 Å². The van der Waals surface area contributed by atoms with Crippen LogP contribution in [0.2, 0.25) is 5.02 Å². The largest absolute Gasteiger partial charge is 0.376 e. The van der Waals surface area contributed by atoms with E-state index in [0.717, 1.165) is 19.4 Å². The number of anilines is 1. The molecule has 2 amide bonds. The zero-order chi connectivity index (χ0) is 16.9. The number of hydrogen-bond acceptors (Lipinski definition) is 5. The molecule has 24 heavy (non-hydrogen) atoms. The molecule has 0 radical (unpaired) electrons. The predicted molar refractivity (Wildman–Crippen MR) is 95.5 cm³/mol. The van der Waals surface area contributed by atoms with Gasteiger partial charge in [-0.05, 0) is 25.0 Å². The van der Waals surface area contributed by atoms with Gasteiger partial charge < -0.3 is 15.4 Å². The second-order valence-corrected chi connectivity index (χ2v) is 7.21. The highest BCUT2D eigenvalue weighted by molar-refractivity contribution is 8.15. The van der Waals surface area contributed by atoms with E-state index in [2.05, 4.69) is 15.6 Å². The predicted octanol–water partition coefficient (Wildman–Crippen LogP) is 2.44. The maximum atomic E-state index is 12.1. The van der Waals surface area contributed by atoms with Gasteiger partial charge in [0, 0.05) is 13.0 Å². The third-order valence-corrected chi connectivity index (χ3v) is 5.21. The summed E-state index contributed by atoms with van der Waals surface area (Å²) in [6, 6.07) is 6.99. The number of thioether (sulfide) groups is 1. The molecule has 2 saturated heterocycles. The summed E-state index contributed by atoms with van der Waals surface area (Å²) in [4.78, 5) is 28.5. The molecule has 6 nitrogen and oxygen atoms in total. The summed E-state index contributed by atoms with van der Waals surface area (Å²) >= 11 is 7.30. The van der Waals surface area contributed by atoms with E-state index in [4.69, 9.17) is 16.3 Å². The van der Waals surface area contributed by atoms with Crippen molar-refractivity contribution < 1.29 is 14.3 Å². The number of halogens is 1. The van der Waals surface area contributed by atoms with Gasteiger partial charge in [-0.3, -0.25) is 14.6 Å². The zero-order valence-corrected chi connectivity index (χ0v) is 14.5. The Morgan fingerprint density at radius 2 is 2.29 bits per heavy atom. The van der Waals surface area contributed by atoms with Crippen molar-refractivity contribution in [3.05, 3.63) is 29.3 Å². The second kappa shape index (κ2) is 8.00. The van der Waals surface area contributed by atoms with E-state index in [-0.39, 0.29) is 24.3 Å². The van der Waals surface area contributed by atoms with Gasteiger partial charge in [0.05, 0.1) is 23.4 Å². The molecular formula is C16H18ClN3O3S. The first-order valence-corrected chi connectivity index (χ1v) is 9.05. The Hall–Kier alpha value is -1.57. The van der Waals surface area contributed by atoms with Gasteiger partial charge in [-0.2, -0.15) is 0 Å². The van der Waals surface area contributed by atoms with Crippen LogP contribution in [0.3, 0.4) is 0 Å². The Bertz CT molecular complexity index is 662. The Balaban J connectivity index is 1.51. The summed E-state index contributed by atoms with van der Waals surface area (Å²) in [5, 5.41) is 6.00. The molecular weight excluding hydrogens is 350 g/mol. The molecule has 0 aromatic heterocycles. The van der Waals surface area contributed by atoms with Gasteiger partial charge in [0.2, 0.25) is 11.8 Å². The number of carbonyl (C=O) groups is 2. The minimum absolute atomic E-state index is 0.0701. The smallest absolute Gasteiger partial charge is 0.240 e. The number of hydrogen-bond donors (Lipinski definition) is 2. The number of amides is 2. The summed E-state index contributed by atoms with van der Waals surface area (Å²) in [5.41, 5.74) is 0.542. The van der Waals surface area contributed by atoms with Gasteiger partial charge in [-0.25, -0.2) is 0 Å². The van der Waals surface area contributed by atoms with Gasteiger partial charge in [0.15, 0.2) is 5.17 Å². The van der Waals surface area contributed by atoms with E-state index in [1.165, 1.54) is 11.8 Å². The SMILES string of the molecule is O=C(C[C@H]1SC(=NC[C@H]2CCCO2)NC1=O)Nc1ccccc1Cl. The van der Waals surface area contributed by atoms with Gasteiger partial charge in [-0.15, -0.1) is 0 Å². The zero-order valence-electron chi connectivity index (χ0n) is 13.0. The van der Waals surface area contributed by atoms with Crippen molar-refractivity contribution in [3.8, 4) is 0 Å². The fraction of sp³-hybridized carbons (Fsp3) is 0.438. The lowest BCUT2D eigenvalue weighted by molar-refractivity contribution is -0.122. The molecule has 0 bridgehead atoms. The van der Waals surface area contributed by atoms with Crippen molar-refractivity contribution in [1.29, 1.82) is 0 Å². The van der Waals surface area contributed by atoms with Crippen LogP contribution < -0.4 is 10.6 Å². The van der Waals surface area contributed by atoms with Gasteiger partial charge in [-0.1, -0.05) is 35.5 Å². The minimum atomic E-state index is -0.476. The number of para-hydroxylation sites is 1. The average Bonchev–Trinajstić information content (AvgIpc) is 3.18. The molecule has 2 atom stereocenters. The summed E-state index contributed by atoms with van der Waals surface area (Å²) in [5.74, 6) is -0.448. The molecule has 0 saturated carbocycles. The molecule has 1 aromatic carbocycles. The fourth-order valence-electron chi connectivity index (χ4n) is 2.52. The normalized spacial score (nSPS) is 25.0. The molecule has 1 aromatic rings. The molecule has 2 fully saturated rings. The number of benzene rings is 1. The molecule has 3 rings (SSSR count). The van der Waals surface area contributed by atoms with Gasteiger partial charge in [0.25, 0.3) is 0 Å². The highest BCUT2D eigenvalue weighted by Gasteiger charge is 2.32. The number of nitrogens with zero attached hydrogens (tertiary/aromatic N) is 1. The van der Waals surface area contributed by atoms with E-state index in [0.29, 0.717) is 22.4 Å². The Kier molecular flexibility index (Phi) is 5.76. The first kappa shape index (κ1) is 17.3. The van der Waals surface area contributed by atoms with Crippen molar-refractivity contribution in [3.63, 3.8) is 0 Å². The van der Waals surface area contributed by atoms with Crippen LogP contribution >= 0.6 is 23.4 Å². The number of carbonyl (C=O) groups excluding carboxylic acids is 2. The maximum Gasteiger partial charge on any atom is 0.240 e. The molecule has 2 N–H and O–H groups in total. The average molecular weight is 368 g/mol. The van der Waals surface area contributed by atoms with Crippen molar-refractivity contribution in [2.75, 3.05) is 18.5 Å².